The molecule has 2 aromatic rings. The molecule has 6 heteroatoms. The molecule has 0 saturated heterocycles. The number of carbonyl (C=O) groups excluding carboxylic acids is 1. The molecule has 0 radical (unpaired) electrons. The van der Waals surface area contributed by atoms with Crippen LogP contribution in [-0.2, 0) is 23.8 Å². The standard InChI is InChI=1S/C16H16O5S/c1-12-8-10-14(11-9-12)22(18,19)21-15(16(17)20-2)13-6-4-3-5-7-13/h3-11,15H,1-2H3. The van der Waals surface area contributed by atoms with Crippen molar-refractivity contribution < 1.29 is 22.1 Å². The van der Waals surface area contributed by atoms with Gasteiger partial charge in [0.15, 0.2) is 6.10 Å². The van der Waals surface area contributed by atoms with E-state index in [1.165, 1.54) is 19.2 Å². The molecule has 2 rings (SSSR count). The summed E-state index contributed by atoms with van der Waals surface area (Å²) in [4.78, 5) is 11.9. The Hall–Kier alpha value is -2.18. The van der Waals surface area contributed by atoms with Crippen molar-refractivity contribution in [1.29, 1.82) is 0 Å². The van der Waals surface area contributed by atoms with Crippen molar-refractivity contribution in [2.75, 3.05) is 7.11 Å². The van der Waals surface area contributed by atoms with Crippen molar-refractivity contribution in [3.05, 3.63) is 65.7 Å². The van der Waals surface area contributed by atoms with Crippen molar-refractivity contribution in [2.24, 2.45) is 0 Å². The maximum Gasteiger partial charge on any atom is 0.341 e. The second kappa shape index (κ2) is 6.72. The fraction of sp³-hybridized carbons (Fsp3) is 0.188. The van der Waals surface area contributed by atoms with Crippen molar-refractivity contribution in [1.82, 2.24) is 0 Å². The van der Waals surface area contributed by atoms with Crippen LogP contribution >= 0.6 is 0 Å². The molecule has 0 bridgehead atoms. The SMILES string of the molecule is COC(=O)C(OS(=O)(=O)c1ccc(C)cc1)c1ccccc1. The fourth-order valence-electron chi connectivity index (χ4n) is 1.85. The molecule has 1 atom stereocenters. The summed E-state index contributed by atoms with van der Waals surface area (Å²) in [5.41, 5.74) is 1.33. The third-order valence-electron chi connectivity index (χ3n) is 3.05. The first-order valence-corrected chi connectivity index (χ1v) is 7.97. The van der Waals surface area contributed by atoms with Gasteiger partial charge in [0.2, 0.25) is 0 Å². The van der Waals surface area contributed by atoms with Gasteiger partial charge in [-0.1, -0.05) is 48.0 Å². The lowest BCUT2D eigenvalue weighted by molar-refractivity contribution is -0.149. The predicted octanol–water partition coefficient (Wildman–Crippen LogP) is 2.61. The van der Waals surface area contributed by atoms with Gasteiger partial charge in [-0.05, 0) is 24.6 Å². The molecule has 0 heterocycles. The van der Waals surface area contributed by atoms with Gasteiger partial charge in [0.25, 0.3) is 10.1 Å². The van der Waals surface area contributed by atoms with Gasteiger partial charge < -0.3 is 4.74 Å². The molecule has 2 aromatic carbocycles. The summed E-state index contributed by atoms with van der Waals surface area (Å²) in [6, 6.07) is 14.5. The summed E-state index contributed by atoms with van der Waals surface area (Å²) >= 11 is 0. The molecule has 0 N–H and O–H groups in total. The number of aryl methyl sites for hydroxylation is 1. The molecule has 0 aliphatic heterocycles. The Balaban J connectivity index is 2.34. The van der Waals surface area contributed by atoms with Crippen LogP contribution in [0.2, 0.25) is 0 Å². The molecular weight excluding hydrogens is 304 g/mol. The molecule has 0 saturated carbocycles. The van der Waals surface area contributed by atoms with Crippen molar-refractivity contribution in [3.8, 4) is 0 Å². The maximum atomic E-state index is 12.3. The molecule has 0 amide bonds. The van der Waals surface area contributed by atoms with Crippen LogP contribution in [0.15, 0.2) is 59.5 Å². The first kappa shape index (κ1) is 16.2. The highest BCUT2D eigenvalue weighted by Crippen LogP contribution is 2.25. The molecule has 1 unspecified atom stereocenters. The average Bonchev–Trinajstić information content (AvgIpc) is 2.53. The second-order valence-corrected chi connectivity index (χ2v) is 6.25. The largest absolute Gasteiger partial charge is 0.467 e. The molecule has 0 aliphatic carbocycles. The molecule has 22 heavy (non-hydrogen) atoms. The van der Waals surface area contributed by atoms with Crippen LogP contribution in [0, 0.1) is 6.92 Å². The van der Waals surface area contributed by atoms with Crippen LogP contribution in [-0.4, -0.2) is 21.5 Å². The Morgan fingerprint density at radius 2 is 1.59 bits per heavy atom. The molecule has 5 nitrogen and oxygen atoms in total. The van der Waals surface area contributed by atoms with Crippen LogP contribution in [0.1, 0.15) is 17.2 Å². The van der Waals surface area contributed by atoms with E-state index in [0.717, 1.165) is 5.56 Å². The Morgan fingerprint density at radius 3 is 2.14 bits per heavy atom. The Morgan fingerprint density at radius 1 is 1.00 bits per heavy atom. The van der Waals surface area contributed by atoms with E-state index in [1.807, 2.05) is 6.92 Å². The van der Waals surface area contributed by atoms with Gasteiger partial charge in [0, 0.05) is 0 Å². The third kappa shape index (κ3) is 3.72. The number of ether oxygens (including phenoxy) is 1. The van der Waals surface area contributed by atoms with Crippen LogP contribution in [0.3, 0.4) is 0 Å². The van der Waals surface area contributed by atoms with Gasteiger partial charge in [-0.15, -0.1) is 0 Å². The lowest BCUT2D eigenvalue weighted by atomic mass is 10.1. The molecule has 0 aromatic heterocycles. The summed E-state index contributed by atoms with van der Waals surface area (Å²) in [5.74, 6) is -0.776. The van der Waals surface area contributed by atoms with Gasteiger partial charge >= 0.3 is 5.97 Å². The smallest absolute Gasteiger partial charge is 0.341 e. The maximum absolute atomic E-state index is 12.3. The van der Waals surface area contributed by atoms with Crippen molar-refractivity contribution >= 4 is 16.1 Å². The zero-order valence-corrected chi connectivity index (χ0v) is 13.0. The van der Waals surface area contributed by atoms with Crippen LogP contribution in [0.5, 0.6) is 0 Å². The van der Waals surface area contributed by atoms with Crippen molar-refractivity contribution in [2.45, 2.75) is 17.9 Å². The number of methoxy groups -OCH3 is 1. The molecule has 116 valence electrons. The summed E-state index contributed by atoms with van der Waals surface area (Å²) in [6.45, 7) is 1.85. The van der Waals surface area contributed by atoms with E-state index < -0.39 is 22.2 Å². The quantitative estimate of drug-likeness (QED) is 0.625. The fourth-order valence-corrected chi connectivity index (χ4v) is 2.88. The molecule has 0 fully saturated rings. The Kier molecular flexibility index (Phi) is 4.95. The highest BCUT2D eigenvalue weighted by molar-refractivity contribution is 7.86. The van der Waals surface area contributed by atoms with Gasteiger partial charge in [-0.2, -0.15) is 8.42 Å². The minimum absolute atomic E-state index is 0.0112. The van der Waals surface area contributed by atoms with E-state index in [2.05, 4.69) is 4.74 Å². The normalized spacial score (nSPS) is 12.6. The lowest BCUT2D eigenvalue weighted by Crippen LogP contribution is -2.21. The van der Waals surface area contributed by atoms with E-state index in [9.17, 15) is 13.2 Å². The zero-order chi connectivity index (χ0) is 16.2. The number of hydrogen-bond donors (Lipinski definition) is 0. The average molecular weight is 320 g/mol. The third-order valence-corrected chi connectivity index (χ3v) is 4.35. The number of esters is 1. The zero-order valence-electron chi connectivity index (χ0n) is 12.2. The van der Waals surface area contributed by atoms with E-state index in [1.54, 1.807) is 42.5 Å². The number of rotatable bonds is 5. The van der Waals surface area contributed by atoms with Crippen LogP contribution in [0.4, 0.5) is 0 Å². The predicted molar refractivity (Wildman–Crippen MR) is 80.6 cm³/mol. The summed E-state index contributed by atoms with van der Waals surface area (Å²) in [7, 11) is -2.90. The monoisotopic (exact) mass is 320 g/mol. The molecular formula is C16H16O5S. The van der Waals surface area contributed by atoms with Gasteiger partial charge in [-0.3, -0.25) is 0 Å². The number of benzene rings is 2. The highest BCUT2D eigenvalue weighted by atomic mass is 32.2. The van der Waals surface area contributed by atoms with Crippen molar-refractivity contribution in [3.63, 3.8) is 0 Å². The van der Waals surface area contributed by atoms with Crippen LogP contribution in [0.25, 0.3) is 0 Å². The Bertz CT molecular complexity index is 736. The first-order valence-electron chi connectivity index (χ1n) is 6.57. The van der Waals surface area contributed by atoms with E-state index in [0.29, 0.717) is 5.56 Å². The first-order chi connectivity index (χ1) is 10.4. The minimum Gasteiger partial charge on any atom is -0.467 e. The molecule has 0 aliphatic rings. The summed E-state index contributed by atoms with van der Waals surface area (Å²) < 4.78 is 34.4. The van der Waals surface area contributed by atoms with E-state index >= 15 is 0 Å². The van der Waals surface area contributed by atoms with E-state index in [4.69, 9.17) is 4.18 Å². The number of carbonyl (C=O) groups is 1. The molecule has 0 spiro atoms. The topological polar surface area (TPSA) is 69.7 Å². The van der Waals surface area contributed by atoms with Gasteiger partial charge in [0.05, 0.1) is 12.0 Å². The number of hydrogen-bond acceptors (Lipinski definition) is 5. The highest BCUT2D eigenvalue weighted by Gasteiger charge is 2.29. The summed E-state index contributed by atoms with van der Waals surface area (Å²) in [5, 5.41) is 0. The minimum atomic E-state index is -4.08. The van der Waals surface area contributed by atoms with Gasteiger partial charge in [-0.25, -0.2) is 8.98 Å². The lowest BCUT2D eigenvalue weighted by Gasteiger charge is -2.15. The van der Waals surface area contributed by atoms with Gasteiger partial charge in [0.1, 0.15) is 0 Å². The van der Waals surface area contributed by atoms with E-state index in [-0.39, 0.29) is 4.90 Å². The second-order valence-electron chi connectivity index (χ2n) is 4.68. The summed E-state index contributed by atoms with van der Waals surface area (Å²) in [6.07, 6.45) is -1.34. The Labute approximate surface area is 129 Å². The van der Waals surface area contributed by atoms with Crippen LogP contribution < -0.4 is 0 Å².